The lowest BCUT2D eigenvalue weighted by Gasteiger charge is -2.22. The van der Waals surface area contributed by atoms with Crippen molar-refractivity contribution in [1.82, 2.24) is 5.32 Å². The summed E-state index contributed by atoms with van der Waals surface area (Å²) >= 11 is 0. The van der Waals surface area contributed by atoms with Crippen molar-refractivity contribution in [1.29, 1.82) is 0 Å². The van der Waals surface area contributed by atoms with E-state index in [1.165, 1.54) is 18.2 Å². The van der Waals surface area contributed by atoms with Crippen LogP contribution in [0.5, 0.6) is 0 Å². The van der Waals surface area contributed by atoms with Crippen LogP contribution < -0.4 is 11.1 Å². The maximum Gasteiger partial charge on any atom is 0.254 e. The summed E-state index contributed by atoms with van der Waals surface area (Å²) < 4.78 is 19.3. The van der Waals surface area contributed by atoms with Crippen LogP contribution in [0.1, 0.15) is 35.2 Å². The molecule has 0 aromatic heterocycles. The number of nitrogens with two attached hydrogens (primary N) is 1. The molecule has 0 spiro atoms. The molecule has 1 heterocycles. The quantitative estimate of drug-likeness (QED) is 0.828. The van der Waals surface area contributed by atoms with Gasteiger partial charge in [0.2, 0.25) is 0 Å². The molecule has 0 aliphatic carbocycles. The van der Waals surface area contributed by atoms with Crippen LogP contribution in [0.2, 0.25) is 0 Å². The Balaban J connectivity index is 2.00. The lowest BCUT2D eigenvalue weighted by molar-refractivity contribution is 0.0168. The third-order valence-corrected chi connectivity index (χ3v) is 3.31. The van der Waals surface area contributed by atoms with Gasteiger partial charge in [-0.2, -0.15) is 0 Å². The van der Waals surface area contributed by atoms with Crippen molar-refractivity contribution in [2.75, 3.05) is 19.7 Å². The standard InChI is InChI=1S/C16H19FN2O2/c17-15-7-6-12(4-3-8-18)10-14(15)16(20)19-11-13-5-1-2-9-21-13/h6-7,10,13H,1-2,5,8-9,11,18H2,(H,19,20). The summed E-state index contributed by atoms with van der Waals surface area (Å²) in [4.78, 5) is 12.1. The number of hydrogen-bond acceptors (Lipinski definition) is 3. The number of benzene rings is 1. The molecule has 4 nitrogen and oxygen atoms in total. The first-order valence-corrected chi connectivity index (χ1v) is 7.09. The minimum atomic E-state index is -0.560. The zero-order valence-electron chi connectivity index (χ0n) is 11.8. The average Bonchev–Trinajstić information content (AvgIpc) is 2.53. The Kier molecular flexibility index (Phi) is 5.73. The number of rotatable bonds is 3. The molecule has 1 unspecified atom stereocenters. The average molecular weight is 290 g/mol. The molecule has 1 aromatic carbocycles. The Morgan fingerprint density at radius 3 is 3.05 bits per heavy atom. The first kappa shape index (κ1) is 15.5. The third kappa shape index (κ3) is 4.55. The summed E-state index contributed by atoms with van der Waals surface area (Å²) in [5.74, 6) is 4.46. The maximum atomic E-state index is 13.7. The van der Waals surface area contributed by atoms with Gasteiger partial charge in [-0.3, -0.25) is 4.79 Å². The van der Waals surface area contributed by atoms with E-state index >= 15 is 0 Å². The second-order valence-corrected chi connectivity index (χ2v) is 4.90. The highest BCUT2D eigenvalue weighted by atomic mass is 19.1. The van der Waals surface area contributed by atoms with Gasteiger partial charge < -0.3 is 15.8 Å². The monoisotopic (exact) mass is 290 g/mol. The Morgan fingerprint density at radius 1 is 1.48 bits per heavy atom. The van der Waals surface area contributed by atoms with E-state index in [1.54, 1.807) is 0 Å². The maximum absolute atomic E-state index is 13.7. The zero-order valence-corrected chi connectivity index (χ0v) is 11.8. The second-order valence-electron chi connectivity index (χ2n) is 4.90. The predicted octanol–water partition coefficient (Wildman–Crippen LogP) is 1.43. The Hall–Kier alpha value is -1.90. The van der Waals surface area contributed by atoms with Crippen LogP contribution in [0, 0.1) is 17.7 Å². The van der Waals surface area contributed by atoms with E-state index in [0.717, 1.165) is 25.9 Å². The molecular formula is C16H19FN2O2. The van der Waals surface area contributed by atoms with E-state index in [0.29, 0.717) is 12.1 Å². The van der Waals surface area contributed by atoms with Crippen molar-refractivity contribution in [2.24, 2.45) is 5.73 Å². The molecule has 2 rings (SSSR count). The minimum Gasteiger partial charge on any atom is -0.376 e. The molecule has 1 fully saturated rings. The van der Waals surface area contributed by atoms with Crippen LogP contribution in [0.3, 0.4) is 0 Å². The highest BCUT2D eigenvalue weighted by molar-refractivity contribution is 5.94. The molecular weight excluding hydrogens is 271 g/mol. The normalized spacial score (nSPS) is 17.7. The van der Waals surface area contributed by atoms with Gasteiger partial charge in [-0.1, -0.05) is 11.8 Å². The van der Waals surface area contributed by atoms with Crippen LogP contribution in [0.4, 0.5) is 4.39 Å². The fourth-order valence-electron chi connectivity index (χ4n) is 2.20. The molecule has 0 bridgehead atoms. The summed E-state index contributed by atoms with van der Waals surface area (Å²) in [6, 6.07) is 4.21. The molecule has 5 heteroatoms. The summed E-state index contributed by atoms with van der Waals surface area (Å²) in [7, 11) is 0. The Morgan fingerprint density at radius 2 is 2.33 bits per heavy atom. The van der Waals surface area contributed by atoms with Crippen molar-refractivity contribution in [3.05, 3.63) is 35.1 Å². The van der Waals surface area contributed by atoms with Crippen LogP contribution in [-0.2, 0) is 4.74 Å². The summed E-state index contributed by atoms with van der Waals surface area (Å²) in [6.07, 6.45) is 3.09. The first-order valence-electron chi connectivity index (χ1n) is 7.09. The van der Waals surface area contributed by atoms with Crippen LogP contribution in [0.15, 0.2) is 18.2 Å². The lowest BCUT2D eigenvalue weighted by atomic mass is 10.1. The largest absolute Gasteiger partial charge is 0.376 e. The van der Waals surface area contributed by atoms with Gasteiger partial charge in [-0.15, -0.1) is 0 Å². The Bertz CT molecular complexity index is 557. The number of carbonyl (C=O) groups excluding carboxylic acids is 1. The molecule has 1 saturated heterocycles. The molecule has 1 aliphatic rings. The third-order valence-electron chi connectivity index (χ3n) is 3.31. The summed E-state index contributed by atoms with van der Waals surface area (Å²) in [6.45, 7) is 1.34. The van der Waals surface area contributed by atoms with Gasteiger partial charge in [-0.25, -0.2) is 4.39 Å². The lowest BCUT2D eigenvalue weighted by Crippen LogP contribution is -2.35. The molecule has 1 aliphatic heterocycles. The fraction of sp³-hybridized carbons (Fsp3) is 0.438. The second kappa shape index (κ2) is 7.77. The summed E-state index contributed by atoms with van der Waals surface area (Å²) in [5.41, 5.74) is 5.86. The van der Waals surface area contributed by atoms with Gasteiger partial charge in [0.15, 0.2) is 0 Å². The molecule has 3 N–H and O–H groups in total. The fourth-order valence-corrected chi connectivity index (χ4v) is 2.20. The van der Waals surface area contributed by atoms with E-state index in [4.69, 9.17) is 10.5 Å². The van der Waals surface area contributed by atoms with E-state index in [-0.39, 0.29) is 18.2 Å². The molecule has 112 valence electrons. The Labute approximate surface area is 123 Å². The van der Waals surface area contributed by atoms with Crippen LogP contribution in [0.25, 0.3) is 0 Å². The van der Waals surface area contributed by atoms with Gasteiger partial charge in [0.05, 0.1) is 18.2 Å². The smallest absolute Gasteiger partial charge is 0.254 e. The van der Waals surface area contributed by atoms with Gasteiger partial charge in [0.25, 0.3) is 5.91 Å². The van der Waals surface area contributed by atoms with E-state index in [2.05, 4.69) is 17.2 Å². The SMILES string of the molecule is NCC#Cc1ccc(F)c(C(=O)NCC2CCCCO2)c1. The molecule has 1 amide bonds. The highest BCUT2D eigenvalue weighted by Crippen LogP contribution is 2.13. The van der Waals surface area contributed by atoms with Gasteiger partial charge in [-0.05, 0) is 37.5 Å². The van der Waals surface area contributed by atoms with Crippen molar-refractivity contribution >= 4 is 5.91 Å². The van der Waals surface area contributed by atoms with Crippen molar-refractivity contribution < 1.29 is 13.9 Å². The van der Waals surface area contributed by atoms with E-state index < -0.39 is 11.7 Å². The van der Waals surface area contributed by atoms with Crippen LogP contribution in [-0.4, -0.2) is 31.7 Å². The van der Waals surface area contributed by atoms with Crippen molar-refractivity contribution in [2.45, 2.75) is 25.4 Å². The number of hydrogen-bond donors (Lipinski definition) is 2. The van der Waals surface area contributed by atoms with E-state index in [9.17, 15) is 9.18 Å². The molecule has 0 radical (unpaired) electrons. The molecule has 0 saturated carbocycles. The highest BCUT2D eigenvalue weighted by Gasteiger charge is 2.17. The molecule has 1 atom stereocenters. The zero-order chi connectivity index (χ0) is 15.1. The molecule has 21 heavy (non-hydrogen) atoms. The number of halogens is 1. The van der Waals surface area contributed by atoms with E-state index in [1.807, 2.05) is 0 Å². The first-order chi connectivity index (χ1) is 10.2. The van der Waals surface area contributed by atoms with Gasteiger partial charge >= 0.3 is 0 Å². The van der Waals surface area contributed by atoms with Crippen LogP contribution >= 0.6 is 0 Å². The van der Waals surface area contributed by atoms with Gasteiger partial charge in [0.1, 0.15) is 5.82 Å². The van der Waals surface area contributed by atoms with Crippen molar-refractivity contribution in [3.8, 4) is 11.8 Å². The number of amides is 1. The predicted molar refractivity (Wildman–Crippen MR) is 78.3 cm³/mol. The number of nitrogens with one attached hydrogen (secondary N) is 1. The van der Waals surface area contributed by atoms with Crippen molar-refractivity contribution in [3.63, 3.8) is 0 Å². The number of ether oxygens (including phenoxy) is 1. The number of carbonyl (C=O) groups is 1. The summed E-state index contributed by atoms with van der Waals surface area (Å²) in [5, 5.41) is 2.72. The van der Waals surface area contributed by atoms with Gasteiger partial charge in [0, 0.05) is 18.7 Å². The molecule has 1 aromatic rings. The minimum absolute atomic E-state index is 0.00497. The topological polar surface area (TPSA) is 64.4 Å².